The van der Waals surface area contributed by atoms with Gasteiger partial charge in [0.1, 0.15) is 5.82 Å². The number of nitrogens with zero attached hydrogens (tertiary/aromatic N) is 1. The van der Waals surface area contributed by atoms with Crippen LogP contribution in [-0.2, 0) is 4.79 Å². The van der Waals surface area contributed by atoms with E-state index in [1.165, 1.54) is 12.1 Å². The average Bonchev–Trinajstić information content (AvgIpc) is 2.61. The zero-order valence-electron chi connectivity index (χ0n) is 8.12. The van der Waals surface area contributed by atoms with Crippen LogP contribution in [0.4, 0.5) is 10.1 Å². The maximum Gasteiger partial charge on any atom is 0.227 e. The molecule has 0 bridgehead atoms. The van der Waals surface area contributed by atoms with Crippen LogP contribution in [0, 0.1) is 11.7 Å². The van der Waals surface area contributed by atoms with Gasteiger partial charge in [-0.25, -0.2) is 4.39 Å². The first-order valence-electron chi connectivity index (χ1n) is 4.82. The topological polar surface area (TPSA) is 20.3 Å². The maximum atomic E-state index is 12.7. The molecule has 1 heterocycles. The molecule has 0 aliphatic carbocycles. The van der Waals surface area contributed by atoms with Gasteiger partial charge in [0.2, 0.25) is 5.91 Å². The van der Waals surface area contributed by atoms with Crippen molar-refractivity contribution in [2.24, 2.45) is 5.92 Å². The van der Waals surface area contributed by atoms with Gasteiger partial charge in [0.25, 0.3) is 0 Å². The minimum atomic E-state index is -0.276. The molecule has 2 nitrogen and oxygen atoms in total. The Morgan fingerprint density at radius 1 is 1.40 bits per heavy atom. The molecule has 4 heteroatoms. The van der Waals surface area contributed by atoms with Crippen molar-refractivity contribution in [3.05, 3.63) is 30.1 Å². The Morgan fingerprint density at radius 2 is 2.07 bits per heavy atom. The largest absolute Gasteiger partial charge is 0.312 e. The van der Waals surface area contributed by atoms with Gasteiger partial charge < -0.3 is 4.90 Å². The molecule has 1 unspecified atom stereocenters. The monoisotopic (exact) mass is 271 g/mol. The standard InChI is InChI=1S/C11H11BrFNO/c12-6-8-5-11(15)14(7-8)10-3-1-9(13)2-4-10/h1-4,8H,5-7H2. The van der Waals surface area contributed by atoms with E-state index in [0.29, 0.717) is 12.3 Å². The van der Waals surface area contributed by atoms with Crippen molar-refractivity contribution in [1.29, 1.82) is 0 Å². The van der Waals surface area contributed by atoms with Gasteiger partial charge in [0.15, 0.2) is 0 Å². The van der Waals surface area contributed by atoms with Crippen molar-refractivity contribution in [1.82, 2.24) is 0 Å². The van der Waals surface area contributed by atoms with Crippen molar-refractivity contribution in [2.75, 3.05) is 16.8 Å². The first kappa shape index (κ1) is 10.6. The van der Waals surface area contributed by atoms with Gasteiger partial charge in [-0.1, -0.05) is 15.9 Å². The quantitative estimate of drug-likeness (QED) is 0.758. The Balaban J connectivity index is 2.18. The summed E-state index contributed by atoms with van der Waals surface area (Å²) in [5.41, 5.74) is 0.782. The van der Waals surface area contributed by atoms with Crippen LogP contribution in [0.2, 0.25) is 0 Å². The molecule has 1 aliphatic rings. The summed E-state index contributed by atoms with van der Waals surface area (Å²) in [5.74, 6) is 0.205. The summed E-state index contributed by atoms with van der Waals surface area (Å²) in [7, 11) is 0. The number of carbonyl (C=O) groups excluding carboxylic acids is 1. The van der Waals surface area contributed by atoms with E-state index < -0.39 is 0 Å². The van der Waals surface area contributed by atoms with Crippen LogP contribution in [0.1, 0.15) is 6.42 Å². The molecule has 1 saturated heterocycles. The highest BCUT2D eigenvalue weighted by molar-refractivity contribution is 9.09. The number of alkyl halides is 1. The number of hydrogen-bond acceptors (Lipinski definition) is 1. The second-order valence-corrected chi connectivity index (χ2v) is 4.35. The van der Waals surface area contributed by atoms with E-state index in [2.05, 4.69) is 15.9 Å². The van der Waals surface area contributed by atoms with Gasteiger partial charge in [0.05, 0.1) is 0 Å². The van der Waals surface area contributed by atoms with Gasteiger partial charge in [-0.15, -0.1) is 0 Å². The predicted molar refractivity (Wildman–Crippen MR) is 60.7 cm³/mol. The van der Waals surface area contributed by atoms with Crippen LogP contribution in [0.3, 0.4) is 0 Å². The molecule has 80 valence electrons. The maximum absolute atomic E-state index is 12.7. The highest BCUT2D eigenvalue weighted by Gasteiger charge is 2.29. The van der Waals surface area contributed by atoms with Crippen LogP contribution in [0.25, 0.3) is 0 Å². The number of anilines is 1. The summed E-state index contributed by atoms with van der Waals surface area (Å²) in [6.45, 7) is 0.718. The van der Waals surface area contributed by atoms with Gasteiger partial charge in [0, 0.05) is 24.0 Å². The van der Waals surface area contributed by atoms with Crippen LogP contribution in [-0.4, -0.2) is 17.8 Å². The zero-order chi connectivity index (χ0) is 10.8. The average molecular weight is 272 g/mol. The molecule has 1 aliphatic heterocycles. The lowest BCUT2D eigenvalue weighted by atomic mass is 10.2. The third kappa shape index (κ3) is 2.20. The van der Waals surface area contributed by atoms with E-state index in [4.69, 9.17) is 0 Å². The minimum Gasteiger partial charge on any atom is -0.312 e. The molecular weight excluding hydrogens is 261 g/mol. The van der Waals surface area contributed by atoms with Gasteiger partial charge in [-0.2, -0.15) is 0 Å². The molecule has 1 aromatic rings. The van der Waals surface area contributed by atoms with Crippen LogP contribution >= 0.6 is 15.9 Å². The van der Waals surface area contributed by atoms with Crippen LogP contribution < -0.4 is 4.90 Å². The van der Waals surface area contributed by atoms with Crippen molar-refractivity contribution in [3.63, 3.8) is 0 Å². The fourth-order valence-electron chi connectivity index (χ4n) is 1.76. The Morgan fingerprint density at radius 3 is 2.60 bits per heavy atom. The SMILES string of the molecule is O=C1CC(CBr)CN1c1ccc(F)cc1. The summed E-state index contributed by atoms with van der Waals surface area (Å²) >= 11 is 3.38. The second-order valence-electron chi connectivity index (χ2n) is 3.71. The van der Waals surface area contributed by atoms with E-state index in [9.17, 15) is 9.18 Å². The third-order valence-corrected chi connectivity index (χ3v) is 3.48. The normalized spacial score (nSPS) is 21.1. The molecule has 1 fully saturated rings. The van der Waals surface area contributed by atoms with E-state index in [-0.39, 0.29) is 11.7 Å². The summed E-state index contributed by atoms with van der Waals surface area (Å²) in [6.07, 6.45) is 0.572. The third-order valence-electron chi connectivity index (χ3n) is 2.56. The summed E-state index contributed by atoms with van der Waals surface area (Å²) in [5, 5.41) is 0.830. The Kier molecular flexibility index (Phi) is 3.05. The lowest BCUT2D eigenvalue weighted by molar-refractivity contribution is -0.117. The van der Waals surface area contributed by atoms with Gasteiger partial charge in [-0.05, 0) is 30.2 Å². The first-order valence-corrected chi connectivity index (χ1v) is 5.94. The van der Waals surface area contributed by atoms with Crippen molar-refractivity contribution < 1.29 is 9.18 Å². The van der Waals surface area contributed by atoms with E-state index in [1.54, 1.807) is 17.0 Å². The van der Waals surface area contributed by atoms with Crippen molar-refractivity contribution in [3.8, 4) is 0 Å². The number of halogens is 2. The molecule has 0 saturated carbocycles. The fourth-order valence-corrected chi connectivity index (χ4v) is 2.19. The molecule has 0 radical (unpaired) electrons. The molecular formula is C11H11BrFNO. The second kappa shape index (κ2) is 4.31. The number of rotatable bonds is 2. The number of benzene rings is 1. The Hall–Kier alpha value is -0.900. The van der Waals surface area contributed by atoms with Crippen LogP contribution in [0.15, 0.2) is 24.3 Å². The molecule has 1 amide bonds. The van der Waals surface area contributed by atoms with Crippen molar-refractivity contribution in [2.45, 2.75) is 6.42 Å². The molecule has 0 spiro atoms. The number of amides is 1. The van der Waals surface area contributed by atoms with E-state index >= 15 is 0 Å². The number of carbonyl (C=O) groups is 1. The predicted octanol–water partition coefficient (Wildman–Crippen LogP) is 2.57. The van der Waals surface area contributed by atoms with Gasteiger partial charge >= 0.3 is 0 Å². The van der Waals surface area contributed by atoms with E-state index in [1.807, 2.05) is 0 Å². The molecule has 15 heavy (non-hydrogen) atoms. The molecule has 2 rings (SSSR count). The summed E-state index contributed by atoms with van der Waals surface area (Å²) in [4.78, 5) is 13.4. The molecule has 0 N–H and O–H groups in total. The Bertz CT molecular complexity index is 365. The fraction of sp³-hybridized carbons (Fsp3) is 0.364. The zero-order valence-corrected chi connectivity index (χ0v) is 9.71. The first-order chi connectivity index (χ1) is 7.20. The minimum absolute atomic E-state index is 0.117. The summed E-state index contributed by atoms with van der Waals surface area (Å²) < 4.78 is 12.7. The van der Waals surface area contributed by atoms with E-state index in [0.717, 1.165) is 17.6 Å². The Labute approximate surface area is 96.2 Å². The lowest BCUT2D eigenvalue weighted by Gasteiger charge is -2.16. The van der Waals surface area contributed by atoms with Gasteiger partial charge in [-0.3, -0.25) is 4.79 Å². The summed E-state index contributed by atoms with van der Waals surface area (Å²) in [6, 6.07) is 6.04. The smallest absolute Gasteiger partial charge is 0.227 e. The molecule has 1 aromatic carbocycles. The molecule has 1 atom stereocenters. The molecule has 0 aromatic heterocycles. The highest BCUT2D eigenvalue weighted by Crippen LogP contribution is 2.25. The lowest BCUT2D eigenvalue weighted by Crippen LogP contribution is -2.24. The van der Waals surface area contributed by atoms with Crippen LogP contribution in [0.5, 0.6) is 0 Å². The number of hydrogen-bond donors (Lipinski definition) is 0. The van der Waals surface area contributed by atoms with Crippen molar-refractivity contribution >= 4 is 27.5 Å². The highest BCUT2D eigenvalue weighted by atomic mass is 79.9.